The van der Waals surface area contributed by atoms with Crippen molar-refractivity contribution < 1.29 is 9.53 Å². The van der Waals surface area contributed by atoms with E-state index in [0.29, 0.717) is 13.0 Å². The number of esters is 1. The van der Waals surface area contributed by atoms with Gasteiger partial charge in [-0.1, -0.05) is 102 Å². The molecular formula is C23H41NO2S3. The molecule has 0 aromatic carbocycles. The Kier molecular flexibility index (Phi) is 20.8. The fraction of sp³-hybridized carbons (Fsp3) is 0.870. The Balaban J connectivity index is 3.95. The summed E-state index contributed by atoms with van der Waals surface area (Å²) in [7, 11) is 0. The predicted molar refractivity (Wildman–Crippen MR) is 134 cm³/mol. The Hall–Kier alpha value is -0.250. The molecule has 29 heavy (non-hydrogen) atoms. The molecule has 0 aliphatic heterocycles. The molecule has 3 nitrogen and oxygen atoms in total. The summed E-state index contributed by atoms with van der Waals surface area (Å²) in [6.45, 7) is 6.62. The molecule has 6 heteroatoms. The first kappa shape index (κ1) is 28.8. The zero-order valence-electron chi connectivity index (χ0n) is 18.7. The fourth-order valence-electron chi connectivity index (χ4n) is 2.87. The predicted octanol–water partition coefficient (Wildman–Crippen LogP) is 7.92. The van der Waals surface area contributed by atoms with Gasteiger partial charge in [-0.2, -0.15) is 5.26 Å². The van der Waals surface area contributed by atoms with E-state index in [1.807, 2.05) is 6.92 Å². The molecule has 0 heterocycles. The van der Waals surface area contributed by atoms with Gasteiger partial charge in [0.15, 0.2) is 0 Å². The van der Waals surface area contributed by atoms with E-state index in [-0.39, 0.29) is 17.1 Å². The number of thioether (sulfide) groups is 2. The molecule has 2 unspecified atom stereocenters. The van der Waals surface area contributed by atoms with Gasteiger partial charge in [-0.05, 0) is 31.9 Å². The van der Waals surface area contributed by atoms with Gasteiger partial charge < -0.3 is 4.74 Å². The molecule has 168 valence electrons. The summed E-state index contributed by atoms with van der Waals surface area (Å²) in [6, 6.07) is 2.21. The van der Waals surface area contributed by atoms with Gasteiger partial charge in [-0.15, -0.1) is 11.8 Å². The first-order valence-corrected chi connectivity index (χ1v) is 13.7. The average Bonchev–Trinajstić information content (AvgIpc) is 2.71. The van der Waals surface area contributed by atoms with Crippen LogP contribution in [0.15, 0.2) is 0 Å². The normalized spacial score (nSPS) is 12.9. The summed E-state index contributed by atoms with van der Waals surface area (Å²) in [4.78, 5) is 12.3. The average molecular weight is 460 g/mol. The van der Waals surface area contributed by atoms with Crippen LogP contribution in [0.5, 0.6) is 0 Å². The summed E-state index contributed by atoms with van der Waals surface area (Å²) in [5.74, 6) is 0.599. The number of rotatable bonds is 18. The number of carbonyl (C=O) groups is 1. The standard InChI is InChI=1S/C23H41NO2S3/c1-4-6-8-9-10-11-12-13-14-15-17-28-23(27)29-21(18-20(3)19-24)22(25)26-16-7-5-2/h20-21H,4-18H2,1-3H3. The lowest BCUT2D eigenvalue weighted by molar-refractivity contribution is -0.143. The largest absolute Gasteiger partial charge is 0.465 e. The molecule has 0 bridgehead atoms. The summed E-state index contributed by atoms with van der Waals surface area (Å²) < 4.78 is 6.16. The number of carbonyl (C=O) groups excluding carboxylic acids is 1. The molecule has 0 saturated heterocycles. The maximum atomic E-state index is 12.3. The molecule has 0 aliphatic rings. The van der Waals surface area contributed by atoms with E-state index < -0.39 is 0 Å². The third-order valence-corrected chi connectivity index (χ3v) is 7.62. The topological polar surface area (TPSA) is 50.1 Å². The number of nitriles is 1. The maximum Gasteiger partial charge on any atom is 0.319 e. The summed E-state index contributed by atoms with van der Waals surface area (Å²) in [5, 5.41) is 8.71. The lowest BCUT2D eigenvalue weighted by Gasteiger charge is -2.16. The Morgan fingerprint density at radius 2 is 1.52 bits per heavy atom. The quantitative estimate of drug-likeness (QED) is 0.118. The van der Waals surface area contributed by atoms with Crippen molar-refractivity contribution in [3.05, 3.63) is 0 Å². The molecule has 0 aliphatic carbocycles. The van der Waals surface area contributed by atoms with Gasteiger partial charge in [0.25, 0.3) is 0 Å². The maximum absolute atomic E-state index is 12.3. The first-order valence-electron chi connectivity index (χ1n) is 11.4. The van der Waals surface area contributed by atoms with Gasteiger partial charge in [0, 0.05) is 5.92 Å². The van der Waals surface area contributed by atoms with Gasteiger partial charge in [0.05, 0.1) is 12.7 Å². The summed E-state index contributed by atoms with van der Waals surface area (Å²) >= 11 is 8.55. The third kappa shape index (κ3) is 18.3. The molecule has 0 rings (SSSR count). The number of unbranched alkanes of at least 4 members (excludes halogenated alkanes) is 10. The summed E-state index contributed by atoms with van der Waals surface area (Å²) in [6.07, 6.45) is 15.6. The van der Waals surface area contributed by atoms with Gasteiger partial charge in [0.2, 0.25) is 0 Å². The molecule has 0 spiro atoms. The van der Waals surface area contributed by atoms with E-state index in [0.717, 1.165) is 22.1 Å². The van der Waals surface area contributed by atoms with Crippen LogP contribution in [0.25, 0.3) is 0 Å². The van der Waals surface area contributed by atoms with Crippen LogP contribution in [-0.4, -0.2) is 27.1 Å². The molecule has 0 amide bonds. The highest BCUT2D eigenvalue weighted by atomic mass is 32.2. The minimum atomic E-state index is -0.366. The van der Waals surface area contributed by atoms with E-state index >= 15 is 0 Å². The van der Waals surface area contributed by atoms with Gasteiger partial charge >= 0.3 is 5.97 Å². The van der Waals surface area contributed by atoms with Gasteiger partial charge in [-0.25, -0.2) is 0 Å². The van der Waals surface area contributed by atoms with Crippen LogP contribution in [0.2, 0.25) is 0 Å². The smallest absolute Gasteiger partial charge is 0.319 e. The first-order chi connectivity index (χ1) is 14.0. The van der Waals surface area contributed by atoms with Crippen LogP contribution in [0.4, 0.5) is 0 Å². The number of hydrogen-bond acceptors (Lipinski definition) is 6. The SMILES string of the molecule is CCCCCCCCCCCCSC(=S)SC(CC(C)C#N)C(=O)OCCCC. The van der Waals surface area contributed by atoms with Gasteiger partial charge in [-0.3, -0.25) is 4.79 Å². The molecule has 0 radical (unpaired) electrons. The van der Waals surface area contributed by atoms with Crippen molar-refractivity contribution in [1.29, 1.82) is 5.26 Å². The zero-order valence-corrected chi connectivity index (χ0v) is 21.2. The fourth-order valence-corrected chi connectivity index (χ4v) is 5.64. The Morgan fingerprint density at radius 1 is 0.966 bits per heavy atom. The lowest BCUT2D eigenvalue weighted by Crippen LogP contribution is -2.24. The lowest BCUT2D eigenvalue weighted by atomic mass is 10.1. The number of nitrogens with zero attached hydrogens (tertiary/aromatic N) is 1. The van der Waals surface area contributed by atoms with Crippen molar-refractivity contribution >= 4 is 45.2 Å². The zero-order chi connectivity index (χ0) is 21.7. The highest BCUT2D eigenvalue weighted by Gasteiger charge is 2.25. The Labute approximate surface area is 193 Å². The van der Waals surface area contributed by atoms with Crippen molar-refractivity contribution in [1.82, 2.24) is 0 Å². The van der Waals surface area contributed by atoms with Crippen LogP contribution in [0, 0.1) is 17.2 Å². The van der Waals surface area contributed by atoms with Crippen LogP contribution < -0.4 is 0 Å². The molecular weight excluding hydrogens is 418 g/mol. The van der Waals surface area contributed by atoms with Crippen LogP contribution in [0.1, 0.15) is 104 Å². The van der Waals surface area contributed by atoms with Gasteiger partial charge in [0.1, 0.15) is 8.78 Å². The van der Waals surface area contributed by atoms with Crippen molar-refractivity contribution in [2.75, 3.05) is 12.4 Å². The molecule has 2 atom stereocenters. The Bertz CT molecular complexity index is 466. The minimum absolute atomic E-state index is 0.180. The number of hydrogen-bond donors (Lipinski definition) is 0. The van der Waals surface area contributed by atoms with Crippen molar-refractivity contribution in [2.24, 2.45) is 5.92 Å². The molecule has 0 aromatic rings. The third-order valence-electron chi connectivity index (χ3n) is 4.75. The molecule has 0 saturated carbocycles. The second-order valence-corrected chi connectivity index (χ2v) is 11.2. The Morgan fingerprint density at radius 3 is 2.07 bits per heavy atom. The number of ether oxygens (including phenoxy) is 1. The second-order valence-electron chi connectivity index (χ2n) is 7.67. The van der Waals surface area contributed by atoms with E-state index in [9.17, 15) is 4.79 Å². The number of thiocarbonyl (C=S) groups is 1. The van der Waals surface area contributed by atoms with E-state index in [2.05, 4.69) is 19.9 Å². The minimum Gasteiger partial charge on any atom is -0.465 e. The van der Waals surface area contributed by atoms with Crippen molar-refractivity contribution in [2.45, 2.75) is 109 Å². The van der Waals surface area contributed by atoms with E-state index in [1.54, 1.807) is 11.8 Å². The van der Waals surface area contributed by atoms with E-state index in [4.69, 9.17) is 22.2 Å². The van der Waals surface area contributed by atoms with Crippen molar-refractivity contribution in [3.63, 3.8) is 0 Å². The molecule has 0 aromatic heterocycles. The molecule has 0 N–H and O–H groups in total. The van der Waals surface area contributed by atoms with Crippen LogP contribution in [-0.2, 0) is 9.53 Å². The van der Waals surface area contributed by atoms with Crippen LogP contribution >= 0.6 is 35.7 Å². The monoisotopic (exact) mass is 459 g/mol. The second kappa shape index (κ2) is 21.0. The highest BCUT2D eigenvalue weighted by Crippen LogP contribution is 2.28. The summed E-state index contributed by atoms with van der Waals surface area (Å²) in [5.41, 5.74) is 0. The van der Waals surface area contributed by atoms with E-state index in [1.165, 1.54) is 76.0 Å². The highest BCUT2D eigenvalue weighted by molar-refractivity contribution is 8.47. The van der Waals surface area contributed by atoms with Crippen molar-refractivity contribution in [3.8, 4) is 6.07 Å². The molecule has 0 fully saturated rings. The van der Waals surface area contributed by atoms with Crippen LogP contribution in [0.3, 0.4) is 0 Å².